The molecule has 1 aliphatic heterocycles. The Hall–Kier alpha value is -3.95. The smallest absolute Gasteiger partial charge is 0.255 e. The molecular formula is C21H23N3O7. The number of nitrogens with zero attached hydrogens (tertiary/aromatic N) is 1. The van der Waals surface area contributed by atoms with E-state index in [0.717, 1.165) is 0 Å². The molecule has 2 aromatic carbocycles. The first-order valence-electron chi connectivity index (χ1n) is 9.62. The number of ether oxygens (including phenoxy) is 1. The van der Waals surface area contributed by atoms with Crippen molar-refractivity contribution in [3.8, 4) is 23.0 Å². The SMILES string of the molecule is C[C@H]1OC(c2cccc(O)c2O)=N[C@@H]1C(=O)NCCCNC(=O)c1cccc(O)c1O. The molecule has 31 heavy (non-hydrogen) atoms. The summed E-state index contributed by atoms with van der Waals surface area (Å²) in [7, 11) is 0. The number of phenolic OH excluding ortho intramolecular Hbond substituents is 4. The zero-order valence-corrected chi connectivity index (χ0v) is 16.7. The van der Waals surface area contributed by atoms with Crippen LogP contribution < -0.4 is 10.6 Å². The molecule has 0 aromatic heterocycles. The maximum absolute atomic E-state index is 12.4. The van der Waals surface area contributed by atoms with E-state index < -0.39 is 23.8 Å². The minimum atomic E-state index is -0.824. The fourth-order valence-corrected chi connectivity index (χ4v) is 3.03. The Kier molecular flexibility index (Phi) is 6.49. The van der Waals surface area contributed by atoms with Gasteiger partial charge in [-0.15, -0.1) is 0 Å². The van der Waals surface area contributed by atoms with Crippen LogP contribution in [0.25, 0.3) is 0 Å². The van der Waals surface area contributed by atoms with Gasteiger partial charge >= 0.3 is 0 Å². The van der Waals surface area contributed by atoms with Gasteiger partial charge in [-0.3, -0.25) is 9.59 Å². The molecule has 0 fully saturated rings. The summed E-state index contributed by atoms with van der Waals surface area (Å²) >= 11 is 0. The van der Waals surface area contributed by atoms with Crippen molar-refractivity contribution >= 4 is 17.7 Å². The van der Waals surface area contributed by atoms with Crippen molar-refractivity contribution in [1.82, 2.24) is 10.6 Å². The number of hydrogen-bond acceptors (Lipinski definition) is 8. The average Bonchev–Trinajstić information content (AvgIpc) is 3.13. The first-order chi connectivity index (χ1) is 14.8. The largest absolute Gasteiger partial charge is 0.504 e. The molecule has 0 aliphatic carbocycles. The number of aromatic hydroxyl groups is 4. The topological polar surface area (TPSA) is 161 Å². The van der Waals surface area contributed by atoms with E-state index in [4.69, 9.17) is 4.74 Å². The van der Waals surface area contributed by atoms with Crippen molar-refractivity contribution in [1.29, 1.82) is 0 Å². The van der Waals surface area contributed by atoms with Gasteiger partial charge in [0.05, 0.1) is 11.1 Å². The summed E-state index contributed by atoms with van der Waals surface area (Å²) in [4.78, 5) is 28.7. The van der Waals surface area contributed by atoms with Gasteiger partial charge in [-0.05, 0) is 37.6 Å². The van der Waals surface area contributed by atoms with Crippen LogP contribution in [0.1, 0.15) is 29.3 Å². The van der Waals surface area contributed by atoms with Gasteiger partial charge in [0.15, 0.2) is 29.0 Å². The van der Waals surface area contributed by atoms with E-state index >= 15 is 0 Å². The molecule has 10 heteroatoms. The van der Waals surface area contributed by atoms with Crippen LogP contribution in [-0.4, -0.2) is 63.4 Å². The van der Waals surface area contributed by atoms with Crippen LogP contribution in [0.4, 0.5) is 0 Å². The van der Waals surface area contributed by atoms with Gasteiger partial charge in [0.2, 0.25) is 11.8 Å². The molecule has 0 saturated carbocycles. The van der Waals surface area contributed by atoms with Crippen molar-refractivity contribution in [3.05, 3.63) is 47.5 Å². The van der Waals surface area contributed by atoms with Gasteiger partial charge in [0, 0.05) is 13.1 Å². The molecular weight excluding hydrogens is 406 g/mol. The Morgan fingerprint density at radius 2 is 1.61 bits per heavy atom. The first kappa shape index (κ1) is 21.8. The second-order valence-electron chi connectivity index (χ2n) is 6.95. The summed E-state index contributed by atoms with van der Waals surface area (Å²) in [5, 5.41) is 44.0. The number of amides is 2. The lowest BCUT2D eigenvalue weighted by Crippen LogP contribution is -2.39. The lowest BCUT2D eigenvalue weighted by atomic mass is 10.1. The maximum atomic E-state index is 12.4. The zero-order valence-electron chi connectivity index (χ0n) is 16.7. The van der Waals surface area contributed by atoms with Crippen molar-refractivity contribution in [2.24, 2.45) is 4.99 Å². The minimum Gasteiger partial charge on any atom is -0.504 e. The van der Waals surface area contributed by atoms with Crippen LogP contribution in [0.5, 0.6) is 23.0 Å². The quantitative estimate of drug-likeness (QED) is 0.282. The van der Waals surface area contributed by atoms with Crippen molar-refractivity contribution in [3.63, 3.8) is 0 Å². The third kappa shape index (κ3) is 4.80. The summed E-state index contributed by atoms with van der Waals surface area (Å²) in [6, 6.07) is 7.64. The van der Waals surface area contributed by atoms with Crippen molar-refractivity contribution < 1.29 is 34.8 Å². The maximum Gasteiger partial charge on any atom is 0.255 e. The summed E-state index contributed by atoms with van der Waals surface area (Å²) in [6.45, 7) is 2.16. The predicted molar refractivity (Wildman–Crippen MR) is 110 cm³/mol. The Bertz CT molecular complexity index is 1020. The summed E-state index contributed by atoms with van der Waals surface area (Å²) in [6.07, 6.45) is -0.145. The molecule has 10 nitrogen and oxygen atoms in total. The first-order valence-corrected chi connectivity index (χ1v) is 9.62. The Morgan fingerprint density at radius 1 is 0.968 bits per heavy atom. The van der Waals surface area contributed by atoms with E-state index in [-0.39, 0.29) is 53.3 Å². The van der Waals surface area contributed by atoms with Gasteiger partial charge in [-0.1, -0.05) is 12.1 Å². The molecule has 0 saturated heterocycles. The fourth-order valence-electron chi connectivity index (χ4n) is 3.03. The lowest BCUT2D eigenvalue weighted by molar-refractivity contribution is -0.123. The van der Waals surface area contributed by atoms with E-state index in [1.54, 1.807) is 6.92 Å². The molecule has 0 spiro atoms. The van der Waals surface area contributed by atoms with E-state index in [0.29, 0.717) is 6.42 Å². The number of para-hydroxylation sites is 2. The molecule has 1 aliphatic rings. The zero-order chi connectivity index (χ0) is 22.5. The molecule has 2 amide bonds. The average molecular weight is 429 g/mol. The van der Waals surface area contributed by atoms with Crippen LogP contribution in [-0.2, 0) is 9.53 Å². The summed E-state index contributed by atoms with van der Waals surface area (Å²) in [5.74, 6) is -2.41. The van der Waals surface area contributed by atoms with Crippen molar-refractivity contribution in [2.45, 2.75) is 25.5 Å². The van der Waals surface area contributed by atoms with Crippen molar-refractivity contribution in [2.75, 3.05) is 13.1 Å². The molecule has 1 heterocycles. The highest BCUT2D eigenvalue weighted by molar-refractivity contribution is 6.01. The molecule has 0 radical (unpaired) electrons. The Balaban J connectivity index is 1.48. The Morgan fingerprint density at radius 3 is 2.35 bits per heavy atom. The fraction of sp³-hybridized carbons (Fsp3) is 0.286. The Labute approximate surface area is 177 Å². The van der Waals surface area contributed by atoms with E-state index in [9.17, 15) is 30.0 Å². The molecule has 6 N–H and O–H groups in total. The normalized spacial score (nSPS) is 17.5. The highest BCUT2D eigenvalue weighted by atomic mass is 16.5. The van der Waals surface area contributed by atoms with Crippen LogP contribution in [0.2, 0.25) is 0 Å². The monoisotopic (exact) mass is 429 g/mol. The summed E-state index contributed by atoms with van der Waals surface area (Å²) in [5.41, 5.74) is 0.151. The van der Waals surface area contributed by atoms with Crippen LogP contribution >= 0.6 is 0 Å². The van der Waals surface area contributed by atoms with Gasteiger partial charge < -0.3 is 35.8 Å². The number of benzene rings is 2. The molecule has 2 atom stereocenters. The standard InChI is InChI=1S/C21H23N3O7/c1-11-16(24-21(31-11)13-6-3-8-15(26)18(13)28)20(30)23-10-4-9-22-19(29)12-5-2-7-14(25)17(12)27/h2-3,5-8,11,16,25-28H,4,9-10H2,1H3,(H,22,29)(H,23,30)/t11-,16+/m1/s1. The number of phenols is 4. The van der Waals surface area contributed by atoms with Gasteiger partial charge in [0.1, 0.15) is 6.10 Å². The molecule has 0 bridgehead atoms. The van der Waals surface area contributed by atoms with Crippen LogP contribution in [0.15, 0.2) is 41.4 Å². The molecule has 3 rings (SSSR count). The number of aliphatic imine (C=N–C) groups is 1. The van der Waals surface area contributed by atoms with Crippen LogP contribution in [0.3, 0.4) is 0 Å². The highest BCUT2D eigenvalue weighted by Gasteiger charge is 2.34. The van der Waals surface area contributed by atoms with Gasteiger partial charge in [-0.2, -0.15) is 0 Å². The second-order valence-corrected chi connectivity index (χ2v) is 6.95. The van der Waals surface area contributed by atoms with Gasteiger partial charge in [0.25, 0.3) is 5.91 Å². The second kappa shape index (κ2) is 9.24. The number of hydrogen-bond donors (Lipinski definition) is 6. The minimum absolute atomic E-state index is 0.0435. The van der Waals surface area contributed by atoms with Crippen LogP contribution in [0, 0.1) is 0 Å². The number of carbonyl (C=O) groups is 2. The molecule has 2 aromatic rings. The molecule has 0 unspecified atom stereocenters. The van der Waals surface area contributed by atoms with E-state index in [1.807, 2.05) is 0 Å². The number of nitrogens with one attached hydrogen (secondary N) is 2. The van der Waals surface area contributed by atoms with E-state index in [1.165, 1.54) is 36.4 Å². The van der Waals surface area contributed by atoms with Gasteiger partial charge in [-0.25, -0.2) is 4.99 Å². The highest BCUT2D eigenvalue weighted by Crippen LogP contribution is 2.31. The third-order valence-electron chi connectivity index (χ3n) is 4.71. The predicted octanol–water partition coefficient (Wildman–Crippen LogP) is 0.979. The molecule has 164 valence electrons. The summed E-state index contributed by atoms with van der Waals surface area (Å²) < 4.78 is 5.56. The number of carbonyl (C=O) groups excluding carboxylic acids is 2. The van der Waals surface area contributed by atoms with E-state index in [2.05, 4.69) is 15.6 Å². The number of rotatable bonds is 7. The third-order valence-corrected chi connectivity index (χ3v) is 4.71. The lowest BCUT2D eigenvalue weighted by Gasteiger charge is -2.13.